The van der Waals surface area contributed by atoms with E-state index in [1.165, 1.54) is 15.4 Å². The Morgan fingerprint density at radius 3 is 2.88 bits per heavy atom. The summed E-state index contributed by atoms with van der Waals surface area (Å²) in [5.74, 6) is 0. The highest BCUT2D eigenvalue weighted by atomic mass is 32.1. The summed E-state index contributed by atoms with van der Waals surface area (Å²) in [6.45, 7) is 7.00. The second kappa shape index (κ2) is 5.27. The Labute approximate surface area is 100 Å². The number of hydrogen-bond donors (Lipinski definition) is 1. The van der Waals surface area contributed by atoms with Crippen LogP contribution in [0.15, 0.2) is 24.4 Å². The van der Waals surface area contributed by atoms with Crippen molar-refractivity contribution in [3.8, 4) is 0 Å². The Bertz CT molecular complexity index is 445. The first kappa shape index (κ1) is 11.4. The van der Waals surface area contributed by atoms with Crippen LogP contribution in [0.5, 0.6) is 0 Å². The summed E-state index contributed by atoms with van der Waals surface area (Å²) in [4.78, 5) is 2.76. The average molecular weight is 235 g/mol. The lowest BCUT2D eigenvalue weighted by molar-refractivity contribution is 0.583. The van der Waals surface area contributed by atoms with Gasteiger partial charge in [0.2, 0.25) is 0 Å². The van der Waals surface area contributed by atoms with Crippen molar-refractivity contribution in [3.63, 3.8) is 0 Å². The Hall–Kier alpha value is -1.13. The highest BCUT2D eigenvalue weighted by Crippen LogP contribution is 2.14. The molecule has 0 aromatic carbocycles. The molecule has 0 fully saturated rings. The number of aryl methyl sites for hydroxylation is 2. The third kappa shape index (κ3) is 2.71. The van der Waals surface area contributed by atoms with Gasteiger partial charge in [-0.3, -0.25) is 4.68 Å². The third-order valence-electron chi connectivity index (χ3n) is 2.51. The zero-order valence-electron chi connectivity index (χ0n) is 9.73. The fourth-order valence-corrected chi connectivity index (χ4v) is 2.55. The van der Waals surface area contributed by atoms with Crippen molar-refractivity contribution in [1.29, 1.82) is 0 Å². The first-order valence-corrected chi connectivity index (χ1v) is 6.38. The fraction of sp³-hybridized carbons (Fsp3) is 0.417. The molecular formula is C12H17N3S. The summed E-state index contributed by atoms with van der Waals surface area (Å²) in [5.41, 5.74) is 1.25. The van der Waals surface area contributed by atoms with Gasteiger partial charge in [-0.05, 0) is 32.0 Å². The molecule has 0 radical (unpaired) electrons. The van der Waals surface area contributed by atoms with Gasteiger partial charge in [0.25, 0.3) is 0 Å². The van der Waals surface area contributed by atoms with Gasteiger partial charge in [-0.2, -0.15) is 5.10 Å². The Morgan fingerprint density at radius 1 is 1.31 bits per heavy atom. The molecule has 16 heavy (non-hydrogen) atoms. The third-order valence-corrected chi connectivity index (χ3v) is 3.51. The second-order valence-corrected chi connectivity index (χ2v) is 5.13. The predicted octanol–water partition coefficient (Wildman–Crippen LogP) is 2.56. The number of thiophene rings is 1. The summed E-state index contributed by atoms with van der Waals surface area (Å²) in [5, 5.41) is 7.69. The zero-order chi connectivity index (χ0) is 11.4. The van der Waals surface area contributed by atoms with Gasteiger partial charge in [-0.15, -0.1) is 11.3 Å². The molecule has 2 rings (SSSR count). The van der Waals surface area contributed by atoms with Gasteiger partial charge in [0.05, 0.1) is 5.69 Å². The van der Waals surface area contributed by atoms with Crippen LogP contribution in [0.3, 0.4) is 0 Å². The number of nitrogens with one attached hydrogen (secondary N) is 1. The quantitative estimate of drug-likeness (QED) is 0.863. The number of rotatable bonds is 5. The van der Waals surface area contributed by atoms with Gasteiger partial charge < -0.3 is 5.32 Å². The van der Waals surface area contributed by atoms with Gasteiger partial charge in [-0.25, -0.2) is 0 Å². The fourth-order valence-electron chi connectivity index (χ4n) is 1.69. The number of nitrogens with zero attached hydrogens (tertiary/aromatic N) is 2. The molecule has 0 unspecified atom stereocenters. The van der Waals surface area contributed by atoms with Crippen LogP contribution in [0, 0.1) is 6.92 Å². The highest BCUT2D eigenvalue weighted by Gasteiger charge is 2.00. The second-order valence-electron chi connectivity index (χ2n) is 3.75. The van der Waals surface area contributed by atoms with E-state index in [0.717, 1.165) is 19.6 Å². The molecular weight excluding hydrogens is 218 g/mol. The van der Waals surface area contributed by atoms with Crippen molar-refractivity contribution in [1.82, 2.24) is 15.1 Å². The minimum atomic E-state index is 0.880. The van der Waals surface area contributed by atoms with Crippen molar-refractivity contribution in [2.75, 3.05) is 0 Å². The molecule has 0 aliphatic carbocycles. The minimum absolute atomic E-state index is 0.880. The molecule has 86 valence electrons. The Balaban J connectivity index is 1.84. The maximum absolute atomic E-state index is 4.24. The lowest BCUT2D eigenvalue weighted by atomic mass is 10.4. The largest absolute Gasteiger partial charge is 0.306 e. The molecule has 0 bridgehead atoms. The topological polar surface area (TPSA) is 29.9 Å². The normalized spacial score (nSPS) is 10.9. The lowest BCUT2D eigenvalue weighted by Crippen LogP contribution is -2.15. The van der Waals surface area contributed by atoms with Crippen molar-refractivity contribution in [2.45, 2.75) is 33.5 Å². The summed E-state index contributed by atoms with van der Waals surface area (Å²) in [6, 6.07) is 6.41. The molecule has 2 aromatic rings. The molecule has 0 aliphatic heterocycles. The van der Waals surface area contributed by atoms with Gasteiger partial charge in [0, 0.05) is 35.6 Å². The summed E-state index contributed by atoms with van der Waals surface area (Å²) in [7, 11) is 0. The van der Waals surface area contributed by atoms with E-state index < -0.39 is 0 Å². The zero-order valence-corrected chi connectivity index (χ0v) is 10.5. The molecule has 0 saturated heterocycles. The SMILES string of the molecule is CCn1nccc1CNCc1ccc(C)s1. The molecule has 0 spiro atoms. The van der Waals surface area contributed by atoms with E-state index in [4.69, 9.17) is 0 Å². The monoisotopic (exact) mass is 235 g/mol. The van der Waals surface area contributed by atoms with Crippen molar-refractivity contribution < 1.29 is 0 Å². The van der Waals surface area contributed by atoms with Gasteiger partial charge >= 0.3 is 0 Å². The number of hydrogen-bond acceptors (Lipinski definition) is 3. The van der Waals surface area contributed by atoms with E-state index in [1.807, 2.05) is 22.2 Å². The molecule has 0 saturated carbocycles. The van der Waals surface area contributed by atoms with Crippen LogP contribution in [0.4, 0.5) is 0 Å². The lowest BCUT2D eigenvalue weighted by Gasteiger charge is -2.05. The molecule has 0 atom stereocenters. The van der Waals surface area contributed by atoms with Gasteiger partial charge in [0.1, 0.15) is 0 Å². The predicted molar refractivity (Wildman–Crippen MR) is 67.5 cm³/mol. The van der Waals surface area contributed by atoms with Crippen LogP contribution in [-0.4, -0.2) is 9.78 Å². The molecule has 0 amide bonds. The van der Waals surface area contributed by atoms with E-state index in [2.05, 4.69) is 42.5 Å². The van der Waals surface area contributed by atoms with Crippen LogP contribution >= 0.6 is 11.3 Å². The number of aromatic nitrogens is 2. The van der Waals surface area contributed by atoms with Crippen molar-refractivity contribution in [3.05, 3.63) is 39.8 Å². The highest BCUT2D eigenvalue weighted by molar-refractivity contribution is 7.11. The average Bonchev–Trinajstić information content (AvgIpc) is 2.87. The molecule has 0 aliphatic rings. The van der Waals surface area contributed by atoms with Crippen molar-refractivity contribution >= 4 is 11.3 Å². The maximum atomic E-state index is 4.24. The smallest absolute Gasteiger partial charge is 0.0522 e. The van der Waals surface area contributed by atoms with Crippen LogP contribution in [0.2, 0.25) is 0 Å². The maximum Gasteiger partial charge on any atom is 0.0522 e. The van der Waals surface area contributed by atoms with Crippen LogP contribution < -0.4 is 5.32 Å². The van der Waals surface area contributed by atoms with E-state index in [0.29, 0.717) is 0 Å². The molecule has 2 aromatic heterocycles. The minimum Gasteiger partial charge on any atom is -0.306 e. The first-order valence-electron chi connectivity index (χ1n) is 5.56. The van der Waals surface area contributed by atoms with Crippen LogP contribution in [0.25, 0.3) is 0 Å². The Kier molecular flexibility index (Phi) is 3.74. The van der Waals surface area contributed by atoms with Crippen LogP contribution in [-0.2, 0) is 19.6 Å². The van der Waals surface area contributed by atoms with Gasteiger partial charge in [-0.1, -0.05) is 0 Å². The molecule has 4 heteroatoms. The van der Waals surface area contributed by atoms with E-state index in [-0.39, 0.29) is 0 Å². The molecule has 2 heterocycles. The Morgan fingerprint density at radius 2 is 2.19 bits per heavy atom. The summed E-state index contributed by atoms with van der Waals surface area (Å²) >= 11 is 1.85. The molecule has 3 nitrogen and oxygen atoms in total. The van der Waals surface area contributed by atoms with Crippen LogP contribution in [0.1, 0.15) is 22.4 Å². The first-order chi connectivity index (χ1) is 7.79. The summed E-state index contributed by atoms with van der Waals surface area (Å²) in [6.07, 6.45) is 1.86. The van der Waals surface area contributed by atoms with E-state index in [9.17, 15) is 0 Å². The van der Waals surface area contributed by atoms with E-state index in [1.54, 1.807) is 0 Å². The summed E-state index contributed by atoms with van der Waals surface area (Å²) < 4.78 is 2.02. The molecule has 1 N–H and O–H groups in total. The van der Waals surface area contributed by atoms with E-state index >= 15 is 0 Å². The standard InChI is InChI=1S/C12H17N3S/c1-3-15-11(6-7-14-15)8-13-9-12-5-4-10(2)16-12/h4-7,13H,3,8-9H2,1-2H3. The van der Waals surface area contributed by atoms with Crippen molar-refractivity contribution in [2.24, 2.45) is 0 Å². The van der Waals surface area contributed by atoms with Gasteiger partial charge in [0.15, 0.2) is 0 Å².